The molecule has 98 valence electrons. The van der Waals surface area contributed by atoms with Gasteiger partial charge in [-0.3, -0.25) is 4.79 Å². The number of rotatable bonds is 4. The SMILES string of the molecule is COC(=O)C1(c2cc(OC)ccc2OC)CCC1. The molecule has 1 aliphatic carbocycles. The van der Waals surface area contributed by atoms with Gasteiger partial charge in [0.2, 0.25) is 0 Å². The quantitative estimate of drug-likeness (QED) is 0.769. The van der Waals surface area contributed by atoms with Crippen LogP contribution in [0.25, 0.3) is 0 Å². The van der Waals surface area contributed by atoms with Crippen molar-refractivity contribution < 1.29 is 19.0 Å². The van der Waals surface area contributed by atoms with E-state index in [1.54, 1.807) is 14.2 Å². The maximum absolute atomic E-state index is 12.1. The zero-order valence-corrected chi connectivity index (χ0v) is 11.0. The highest BCUT2D eigenvalue weighted by molar-refractivity contribution is 5.85. The number of hydrogen-bond acceptors (Lipinski definition) is 4. The summed E-state index contributed by atoms with van der Waals surface area (Å²) >= 11 is 0. The Morgan fingerprint density at radius 1 is 1.17 bits per heavy atom. The summed E-state index contributed by atoms with van der Waals surface area (Å²) in [6.07, 6.45) is 2.61. The smallest absolute Gasteiger partial charge is 0.316 e. The summed E-state index contributed by atoms with van der Waals surface area (Å²) in [6, 6.07) is 5.53. The predicted molar refractivity (Wildman–Crippen MR) is 67.1 cm³/mol. The second-order valence-corrected chi connectivity index (χ2v) is 4.49. The highest BCUT2D eigenvalue weighted by atomic mass is 16.5. The van der Waals surface area contributed by atoms with Gasteiger partial charge in [0, 0.05) is 5.56 Å². The van der Waals surface area contributed by atoms with E-state index in [2.05, 4.69) is 0 Å². The topological polar surface area (TPSA) is 44.8 Å². The number of methoxy groups -OCH3 is 3. The van der Waals surface area contributed by atoms with Crippen molar-refractivity contribution >= 4 is 5.97 Å². The molecule has 1 fully saturated rings. The normalized spacial score (nSPS) is 16.6. The van der Waals surface area contributed by atoms with Gasteiger partial charge < -0.3 is 14.2 Å². The van der Waals surface area contributed by atoms with Gasteiger partial charge in [-0.2, -0.15) is 0 Å². The number of benzene rings is 1. The Morgan fingerprint density at radius 3 is 2.33 bits per heavy atom. The molecule has 18 heavy (non-hydrogen) atoms. The first-order chi connectivity index (χ1) is 8.67. The minimum atomic E-state index is -0.561. The Hall–Kier alpha value is -1.71. The van der Waals surface area contributed by atoms with E-state index in [1.165, 1.54) is 7.11 Å². The average Bonchev–Trinajstić information content (AvgIpc) is 2.37. The van der Waals surface area contributed by atoms with Crippen LogP contribution in [-0.2, 0) is 14.9 Å². The summed E-state index contributed by atoms with van der Waals surface area (Å²) in [5.74, 6) is 1.24. The van der Waals surface area contributed by atoms with Crippen molar-refractivity contribution in [2.75, 3.05) is 21.3 Å². The Kier molecular flexibility index (Phi) is 3.45. The van der Waals surface area contributed by atoms with E-state index in [0.29, 0.717) is 5.75 Å². The van der Waals surface area contributed by atoms with Gasteiger partial charge in [-0.15, -0.1) is 0 Å². The molecule has 1 saturated carbocycles. The predicted octanol–water partition coefficient (Wildman–Crippen LogP) is 2.30. The third-order valence-corrected chi connectivity index (χ3v) is 3.71. The Morgan fingerprint density at radius 2 is 1.89 bits per heavy atom. The van der Waals surface area contributed by atoms with Crippen molar-refractivity contribution in [2.24, 2.45) is 0 Å². The van der Waals surface area contributed by atoms with Crippen LogP contribution in [0, 0.1) is 0 Å². The summed E-state index contributed by atoms with van der Waals surface area (Å²) in [4.78, 5) is 12.1. The molecule has 4 nitrogen and oxygen atoms in total. The third kappa shape index (κ3) is 1.82. The second kappa shape index (κ2) is 4.88. The Labute approximate surface area is 107 Å². The van der Waals surface area contributed by atoms with Gasteiger partial charge in [-0.1, -0.05) is 6.42 Å². The molecular formula is C14H18O4. The van der Waals surface area contributed by atoms with E-state index < -0.39 is 5.41 Å². The lowest BCUT2D eigenvalue weighted by Gasteiger charge is -2.40. The molecule has 0 bridgehead atoms. The second-order valence-electron chi connectivity index (χ2n) is 4.49. The molecule has 0 radical (unpaired) electrons. The number of carbonyl (C=O) groups is 1. The summed E-state index contributed by atoms with van der Waals surface area (Å²) in [5.41, 5.74) is 0.302. The Bertz CT molecular complexity index is 449. The molecule has 0 spiro atoms. The van der Waals surface area contributed by atoms with Gasteiger partial charge in [-0.05, 0) is 31.0 Å². The van der Waals surface area contributed by atoms with E-state index in [1.807, 2.05) is 18.2 Å². The van der Waals surface area contributed by atoms with Crippen molar-refractivity contribution in [3.8, 4) is 11.5 Å². The molecule has 0 saturated heterocycles. The fraction of sp³-hybridized carbons (Fsp3) is 0.500. The maximum Gasteiger partial charge on any atom is 0.316 e. The summed E-state index contributed by atoms with van der Waals surface area (Å²) in [7, 11) is 4.64. The molecule has 0 aliphatic heterocycles. The molecule has 2 rings (SSSR count). The standard InChI is InChI=1S/C14H18O4/c1-16-10-5-6-12(17-2)11(9-10)14(7-4-8-14)13(15)18-3/h5-6,9H,4,7-8H2,1-3H3. The van der Waals surface area contributed by atoms with Gasteiger partial charge in [0.1, 0.15) is 11.5 Å². The van der Waals surface area contributed by atoms with Crippen LogP contribution in [0.5, 0.6) is 11.5 Å². The van der Waals surface area contributed by atoms with E-state index in [0.717, 1.165) is 30.6 Å². The van der Waals surface area contributed by atoms with Gasteiger partial charge in [0.05, 0.1) is 26.7 Å². The zero-order chi connectivity index (χ0) is 13.2. The van der Waals surface area contributed by atoms with E-state index in [9.17, 15) is 4.79 Å². The summed E-state index contributed by atoms with van der Waals surface area (Å²) in [5, 5.41) is 0. The molecule has 0 amide bonds. The lowest BCUT2D eigenvalue weighted by atomic mass is 9.64. The molecule has 0 unspecified atom stereocenters. The van der Waals surface area contributed by atoms with E-state index in [-0.39, 0.29) is 5.97 Å². The summed E-state index contributed by atoms with van der Waals surface area (Å²) < 4.78 is 15.5. The van der Waals surface area contributed by atoms with Gasteiger partial charge >= 0.3 is 5.97 Å². The Balaban J connectivity index is 2.50. The molecule has 1 aromatic carbocycles. The number of carbonyl (C=O) groups excluding carboxylic acids is 1. The van der Waals surface area contributed by atoms with E-state index >= 15 is 0 Å². The van der Waals surface area contributed by atoms with Crippen molar-refractivity contribution in [3.63, 3.8) is 0 Å². The minimum absolute atomic E-state index is 0.194. The van der Waals surface area contributed by atoms with Gasteiger partial charge in [0.15, 0.2) is 0 Å². The minimum Gasteiger partial charge on any atom is -0.497 e. The lowest BCUT2D eigenvalue weighted by molar-refractivity contribution is -0.151. The van der Waals surface area contributed by atoms with Crippen LogP contribution < -0.4 is 9.47 Å². The van der Waals surface area contributed by atoms with Crippen LogP contribution in [0.1, 0.15) is 24.8 Å². The first-order valence-corrected chi connectivity index (χ1v) is 5.99. The van der Waals surface area contributed by atoms with E-state index in [4.69, 9.17) is 14.2 Å². The van der Waals surface area contributed by atoms with Crippen LogP contribution in [0.3, 0.4) is 0 Å². The van der Waals surface area contributed by atoms with Crippen molar-refractivity contribution in [1.82, 2.24) is 0 Å². The molecule has 1 aliphatic rings. The highest BCUT2D eigenvalue weighted by Gasteiger charge is 2.48. The molecule has 0 atom stereocenters. The molecule has 4 heteroatoms. The van der Waals surface area contributed by atoms with Gasteiger partial charge in [-0.25, -0.2) is 0 Å². The fourth-order valence-corrected chi connectivity index (χ4v) is 2.50. The number of ether oxygens (including phenoxy) is 3. The largest absolute Gasteiger partial charge is 0.497 e. The van der Waals surface area contributed by atoms with Crippen molar-refractivity contribution in [2.45, 2.75) is 24.7 Å². The van der Waals surface area contributed by atoms with Crippen molar-refractivity contribution in [1.29, 1.82) is 0 Å². The molecule has 1 aromatic rings. The molecule has 0 aromatic heterocycles. The summed E-state index contributed by atoms with van der Waals surface area (Å²) in [6.45, 7) is 0. The van der Waals surface area contributed by atoms with Gasteiger partial charge in [0.25, 0.3) is 0 Å². The maximum atomic E-state index is 12.1. The molecular weight excluding hydrogens is 232 g/mol. The van der Waals surface area contributed by atoms with Crippen molar-refractivity contribution in [3.05, 3.63) is 23.8 Å². The lowest BCUT2D eigenvalue weighted by Crippen LogP contribution is -2.43. The zero-order valence-electron chi connectivity index (χ0n) is 11.0. The van der Waals surface area contributed by atoms with Crippen LogP contribution in [0.2, 0.25) is 0 Å². The monoisotopic (exact) mass is 250 g/mol. The third-order valence-electron chi connectivity index (χ3n) is 3.71. The van der Waals surface area contributed by atoms with Crippen LogP contribution in [0.4, 0.5) is 0 Å². The first kappa shape index (κ1) is 12.7. The first-order valence-electron chi connectivity index (χ1n) is 5.99. The average molecular weight is 250 g/mol. The van der Waals surface area contributed by atoms with Crippen LogP contribution in [-0.4, -0.2) is 27.3 Å². The number of hydrogen-bond donors (Lipinski definition) is 0. The van der Waals surface area contributed by atoms with Crippen LogP contribution in [0.15, 0.2) is 18.2 Å². The number of esters is 1. The highest BCUT2D eigenvalue weighted by Crippen LogP contribution is 2.48. The fourth-order valence-electron chi connectivity index (χ4n) is 2.50. The van der Waals surface area contributed by atoms with Crippen LogP contribution >= 0.6 is 0 Å². The molecule has 0 N–H and O–H groups in total. The molecule has 0 heterocycles.